The van der Waals surface area contributed by atoms with Crippen LogP contribution in [0.5, 0.6) is 0 Å². The molecule has 0 unspecified atom stereocenters. The summed E-state index contributed by atoms with van der Waals surface area (Å²) in [7, 11) is -3.65. The minimum Gasteiger partial charge on any atom is -0.381 e. The topological polar surface area (TPSA) is 98.5 Å². The van der Waals surface area contributed by atoms with Crippen molar-refractivity contribution in [3.05, 3.63) is 29.3 Å². The molecular weight excluding hydrogens is 316 g/mol. The second kappa shape index (κ2) is 6.22. The first-order valence-electron chi connectivity index (χ1n) is 7.92. The van der Waals surface area contributed by atoms with E-state index in [4.69, 9.17) is 10.5 Å². The van der Waals surface area contributed by atoms with Crippen LogP contribution in [0.4, 0.5) is 0 Å². The molecule has 0 radical (unpaired) electrons. The Labute approximate surface area is 136 Å². The number of nitrogens with two attached hydrogens (primary N) is 1. The molecule has 0 aromatic heterocycles. The normalized spacial score (nSPS) is 20.2. The van der Waals surface area contributed by atoms with Crippen LogP contribution in [-0.4, -0.2) is 34.1 Å². The molecule has 0 spiro atoms. The lowest BCUT2D eigenvalue weighted by Crippen LogP contribution is -2.49. The summed E-state index contributed by atoms with van der Waals surface area (Å²) in [6.45, 7) is 0.859. The zero-order chi connectivity index (χ0) is 16.5. The molecule has 1 fully saturated rings. The average molecular weight is 338 g/mol. The number of rotatable bonds is 5. The van der Waals surface area contributed by atoms with Crippen molar-refractivity contribution in [1.29, 1.82) is 0 Å². The summed E-state index contributed by atoms with van der Waals surface area (Å²) in [5.41, 5.74) is 6.98. The predicted octanol–water partition coefficient (Wildman–Crippen LogP) is 0.736. The Balaban J connectivity index is 1.77. The van der Waals surface area contributed by atoms with E-state index in [2.05, 4.69) is 4.72 Å². The molecule has 1 aromatic carbocycles. The summed E-state index contributed by atoms with van der Waals surface area (Å²) in [6, 6.07) is 5.26. The van der Waals surface area contributed by atoms with Crippen LogP contribution in [0.15, 0.2) is 23.1 Å². The van der Waals surface area contributed by atoms with E-state index in [1.165, 1.54) is 5.56 Å². The van der Waals surface area contributed by atoms with E-state index in [-0.39, 0.29) is 11.4 Å². The molecule has 1 aliphatic heterocycles. The van der Waals surface area contributed by atoms with E-state index in [9.17, 15) is 13.2 Å². The van der Waals surface area contributed by atoms with Crippen molar-refractivity contribution in [2.45, 2.75) is 37.0 Å². The summed E-state index contributed by atoms with van der Waals surface area (Å²) in [4.78, 5) is 12.1. The molecular formula is C16H22N2O4S. The zero-order valence-electron chi connectivity index (χ0n) is 13.0. The lowest BCUT2D eigenvalue weighted by molar-refractivity contribution is -0.132. The molecule has 6 nitrogen and oxygen atoms in total. The smallest absolute Gasteiger partial charge is 0.240 e. The Hall–Kier alpha value is -1.44. The third kappa shape index (κ3) is 3.27. The first-order chi connectivity index (χ1) is 10.9. The van der Waals surface area contributed by atoms with Gasteiger partial charge in [-0.25, -0.2) is 13.1 Å². The van der Waals surface area contributed by atoms with Gasteiger partial charge in [-0.05, 0) is 55.4 Å². The first kappa shape index (κ1) is 16.4. The maximum atomic E-state index is 12.5. The van der Waals surface area contributed by atoms with Crippen LogP contribution in [0.2, 0.25) is 0 Å². The molecule has 1 amide bonds. The third-order valence-electron chi connectivity index (χ3n) is 4.95. The quantitative estimate of drug-likeness (QED) is 0.827. The maximum Gasteiger partial charge on any atom is 0.240 e. The van der Waals surface area contributed by atoms with Crippen molar-refractivity contribution in [3.63, 3.8) is 0 Å². The molecule has 7 heteroatoms. The molecule has 2 aliphatic rings. The molecule has 0 atom stereocenters. The molecule has 0 bridgehead atoms. The van der Waals surface area contributed by atoms with Crippen molar-refractivity contribution in [2.75, 3.05) is 19.8 Å². The number of primary amides is 1. The van der Waals surface area contributed by atoms with Crippen LogP contribution < -0.4 is 10.5 Å². The van der Waals surface area contributed by atoms with Gasteiger partial charge >= 0.3 is 0 Å². The number of carbonyl (C=O) groups excluding carboxylic acids is 1. The number of fused-ring (bicyclic) bond motifs is 1. The fourth-order valence-electron chi connectivity index (χ4n) is 3.30. The molecule has 3 rings (SSSR count). The van der Waals surface area contributed by atoms with Gasteiger partial charge < -0.3 is 10.5 Å². The van der Waals surface area contributed by atoms with Crippen molar-refractivity contribution < 1.29 is 17.9 Å². The SMILES string of the molecule is NC(=O)C1(CNS(=O)(=O)c2ccc3c(c2)CCC3)CCOCC1. The lowest BCUT2D eigenvalue weighted by atomic mass is 9.80. The summed E-state index contributed by atoms with van der Waals surface area (Å²) in [6.07, 6.45) is 3.87. The highest BCUT2D eigenvalue weighted by Crippen LogP contribution is 2.30. The predicted molar refractivity (Wildman–Crippen MR) is 85.3 cm³/mol. The monoisotopic (exact) mass is 338 g/mol. The minimum atomic E-state index is -3.65. The van der Waals surface area contributed by atoms with Gasteiger partial charge in [-0.15, -0.1) is 0 Å². The van der Waals surface area contributed by atoms with Gasteiger partial charge in [0.1, 0.15) is 0 Å². The summed E-state index contributed by atoms with van der Waals surface area (Å²) < 4.78 is 32.9. The van der Waals surface area contributed by atoms with Gasteiger partial charge in [-0.3, -0.25) is 4.79 Å². The number of benzene rings is 1. The van der Waals surface area contributed by atoms with Crippen LogP contribution in [0, 0.1) is 5.41 Å². The Kier molecular flexibility index (Phi) is 4.44. The second-order valence-electron chi connectivity index (χ2n) is 6.37. The van der Waals surface area contributed by atoms with E-state index >= 15 is 0 Å². The highest BCUT2D eigenvalue weighted by Gasteiger charge is 2.39. The van der Waals surface area contributed by atoms with Crippen molar-refractivity contribution in [2.24, 2.45) is 11.1 Å². The van der Waals surface area contributed by atoms with Gasteiger partial charge in [-0.1, -0.05) is 6.07 Å². The van der Waals surface area contributed by atoms with Crippen LogP contribution in [0.25, 0.3) is 0 Å². The molecule has 1 aliphatic carbocycles. The fraction of sp³-hybridized carbons (Fsp3) is 0.562. The fourth-order valence-corrected chi connectivity index (χ4v) is 4.48. The highest BCUT2D eigenvalue weighted by molar-refractivity contribution is 7.89. The number of ether oxygens (including phenoxy) is 1. The Morgan fingerprint density at radius 2 is 1.91 bits per heavy atom. The number of nitrogens with one attached hydrogen (secondary N) is 1. The molecule has 1 aromatic rings. The molecule has 1 saturated heterocycles. The second-order valence-corrected chi connectivity index (χ2v) is 8.13. The summed E-state index contributed by atoms with van der Waals surface area (Å²) in [5, 5.41) is 0. The van der Waals surface area contributed by atoms with Crippen LogP contribution in [0.3, 0.4) is 0 Å². The Bertz CT molecular complexity index is 709. The zero-order valence-corrected chi connectivity index (χ0v) is 13.8. The largest absolute Gasteiger partial charge is 0.381 e. The molecule has 126 valence electrons. The number of hydrogen-bond donors (Lipinski definition) is 2. The van der Waals surface area contributed by atoms with Gasteiger partial charge in [0, 0.05) is 19.8 Å². The number of aryl methyl sites for hydroxylation is 2. The Morgan fingerprint density at radius 3 is 2.61 bits per heavy atom. The van der Waals surface area contributed by atoms with Crippen LogP contribution in [0.1, 0.15) is 30.4 Å². The van der Waals surface area contributed by atoms with Gasteiger partial charge in [0.25, 0.3) is 0 Å². The number of carbonyl (C=O) groups is 1. The molecule has 23 heavy (non-hydrogen) atoms. The summed E-state index contributed by atoms with van der Waals surface area (Å²) >= 11 is 0. The minimum absolute atomic E-state index is 0.0190. The van der Waals surface area contributed by atoms with Gasteiger partial charge in [0.05, 0.1) is 10.3 Å². The van der Waals surface area contributed by atoms with Crippen molar-refractivity contribution in [1.82, 2.24) is 4.72 Å². The number of hydrogen-bond acceptors (Lipinski definition) is 4. The lowest BCUT2D eigenvalue weighted by Gasteiger charge is -2.34. The standard InChI is InChI=1S/C16H22N2O4S/c17-15(19)16(6-8-22-9-7-16)11-18-23(20,21)14-5-4-12-2-1-3-13(12)10-14/h4-5,10,18H,1-3,6-9,11H2,(H2,17,19). The summed E-state index contributed by atoms with van der Waals surface area (Å²) in [5.74, 6) is -0.475. The van der Waals surface area contributed by atoms with Crippen LogP contribution >= 0.6 is 0 Å². The van der Waals surface area contributed by atoms with E-state index in [0.29, 0.717) is 26.1 Å². The maximum absolute atomic E-state index is 12.5. The van der Waals surface area contributed by atoms with Gasteiger partial charge in [-0.2, -0.15) is 0 Å². The molecule has 0 saturated carbocycles. The third-order valence-corrected chi connectivity index (χ3v) is 6.35. The van der Waals surface area contributed by atoms with Gasteiger partial charge in [0.15, 0.2) is 0 Å². The van der Waals surface area contributed by atoms with E-state index in [1.54, 1.807) is 12.1 Å². The van der Waals surface area contributed by atoms with E-state index < -0.39 is 21.3 Å². The number of sulfonamides is 1. The van der Waals surface area contributed by atoms with Gasteiger partial charge in [0.2, 0.25) is 15.9 Å². The first-order valence-corrected chi connectivity index (χ1v) is 9.40. The Morgan fingerprint density at radius 1 is 1.22 bits per heavy atom. The average Bonchev–Trinajstić information content (AvgIpc) is 3.01. The van der Waals surface area contributed by atoms with E-state index in [1.807, 2.05) is 6.07 Å². The van der Waals surface area contributed by atoms with Crippen molar-refractivity contribution >= 4 is 15.9 Å². The highest BCUT2D eigenvalue weighted by atomic mass is 32.2. The molecule has 1 heterocycles. The van der Waals surface area contributed by atoms with E-state index in [0.717, 1.165) is 24.8 Å². The van der Waals surface area contributed by atoms with Crippen LogP contribution in [-0.2, 0) is 32.4 Å². The number of amides is 1. The van der Waals surface area contributed by atoms with Crippen molar-refractivity contribution in [3.8, 4) is 0 Å². The molecule has 3 N–H and O–H groups in total.